The van der Waals surface area contributed by atoms with E-state index >= 15 is 0 Å². The molecule has 4 N–H and O–H groups in total. The van der Waals surface area contributed by atoms with Crippen molar-refractivity contribution in [3.63, 3.8) is 0 Å². The Morgan fingerprint density at radius 2 is 2.19 bits per heavy atom. The van der Waals surface area contributed by atoms with Crippen LogP contribution in [0, 0.1) is 0 Å². The van der Waals surface area contributed by atoms with Crippen LogP contribution in [0.25, 0.3) is 0 Å². The number of nitrogens with two attached hydrogens (primary N) is 1. The van der Waals surface area contributed by atoms with E-state index in [4.69, 9.17) is 5.73 Å². The summed E-state index contributed by atoms with van der Waals surface area (Å²) in [5.41, 5.74) is 6.34. The van der Waals surface area contributed by atoms with E-state index in [9.17, 15) is 4.79 Å². The molecule has 6 heteroatoms. The molecule has 0 aromatic carbocycles. The first-order chi connectivity index (χ1) is 7.59. The fourth-order valence-electron chi connectivity index (χ4n) is 1.04. The molecule has 1 aromatic heterocycles. The van der Waals surface area contributed by atoms with Crippen molar-refractivity contribution in [3.05, 3.63) is 18.3 Å². The van der Waals surface area contributed by atoms with Crippen LogP contribution in [-0.2, 0) is 0 Å². The van der Waals surface area contributed by atoms with Crippen LogP contribution in [0.4, 0.5) is 16.3 Å². The summed E-state index contributed by atoms with van der Waals surface area (Å²) in [6.45, 7) is 1.20. The Morgan fingerprint density at radius 3 is 2.75 bits per heavy atom. The molecule has 1 aromatic rings. The van der Waals surface area contributed by atoms with Gasteiger partial charge in [-0.25, -0.2) is 9.78 Å². The van der Waals surface area contributed by atoms with Gasteiger partial charge in [0, 0.05) is 27.2 Å². The van der Waals surface area contributed by atoms with Gasteiger partial charge in [-0.1, -0.05) is 0 Å². The molecule has 88 valence electrons. The first-order valence-corrected chi connectivity index (χ1v) is 5.00. The molecule has 2 amide bonds. The molecule has 0 unspecified atom stereocenters. The number of rotatable bonds is 4. The van der Waals surface area contributed by atoms with E-state index in [0.717, 1.165) is 5.69 Å². The van der Waals surface area contributed by atoms with Crippen LogP contribution in [0.15, 0.2) is 18.3 Å². The number of urea groups is 1. The monoisotopic (exact) mass is 223 g/mol. The van der Waals surface area contributed by atoms with E-state index < -0.39 is 0 Å². The van der Waals surface area contributed by atoms with Gasteiger partial charge < -0.3 is 21.3 Å². The fraction of sp³-hybridized carbons (Fsp3) is 0.400. The predicted molar refractivity (Wildman–Crippen MR) is 64.2 cm³/mol. The van der Waals surface area contributed by atoms with Gasteiger partial charge in [0.2, 0.25) is 0 Å². The number of hydrogen-bond acceptors (Lipinski definition) is 4. The number of nitrogen functional groups attached to an aromatic ring is 1. The summed E-state index contributed by atoms with van der Waals surface area (Å²) >= 11 is 0. The first-order valence-electron chi connectivity index (χ1n) is 5.00. The van der Waals surface area contributed by atoms with Gasteiger partial charge >= 0.3 is 6.03 Å². The maximum atomic E-state index is 11.2. The SMILES string of the molecule is CN(C)C(=O)NCCNc1ccc(N)nc1. The number of carbonyl (C=O) groups excluding carboxylic acids is 1. The lowest BCUT2D eigenvalue weighted by Crippen LogP contribution is -2.37. The third-order valence-corrected chi connectivity index (χ3v) is 1.92. The van der Waals surface area contributed by atoms with Crippen molar-refractivity contribution in [1.82, 2.24) is 15.2 Å². The number of carbonyl (C=O) groups is 1. The third-order valence-electron chi connectivity index (χ3n) is 1.92. The number of amides is 2. The van der Waals surface area contributed by atoms with Gasteiger partial charge in [0.1, 0.15) is 5.82 Å². The van der Waals surface area contributed by atoms with Crippen molar-refractivity contribution in [2.75, 3.05) is 38.2 Å². The summed E-state index contributed by atoms with van der Waals surface area (Å²) in [6, 6.07) is 3.47. The molecule has 0 spiro atoms. The van der Waals surface area contributed by atoms with E-state index in [1.165, 1.54) is 4.90 Å². The van der Waals surface area contributed by atoms with Crippen molar-refractivity contribution in [2.45, 2.75) is 0 Å². The van der Waals surface area contributed by atoms with Gasteiger partial charge in [0.15, 0.2) is 0 Å². The number of pyridine rings is 1. The second kappa shape index (κ2) is 5.79. The number of nitrogens with zero attached hydrogens (tertiary/aromatic N) is 2. The average molecular weight is 223 g/mol. The van der Waals surface area contributed by atoms with E-state index in [1.807, 2.05) is 6.07 Å². The molecule has 1 rings (SSSR count). The largest absolute Gasteiger partial charge is 0.384 e. The standard InChI is InChI=1S/C10H17N5O/c1-15(2)10(16)13-6-5-12-8-3-4-9(11)14-7-8/h3-4,7,12H,5-6H2,1-2H3,(H2,11,14)(H,13,16). The zero-order chi connectivity index (χ0) is 12.0. The van der Waals surface area contributed by atoms with Crippen molar-refractivity contribution >= 4 is 17.5 Å². The van der Waals surface area contributed by atoms with Crippen molar-refractivity contribution in [1.29, 1.82) is 0 Å². The van der Waals surface area contributed by atoms with Gasteiger partial charge in [-0.2, -0.15) is 0 Å². The topological polar surface area (TPSA) is 83.3 Å². The Balaban J connectivity index is 2.21. The maximum absolute atomic E-state index is 11.2. The lowest BCUT2D eigenvalue weighted by molar-refractivity contribution is 0.218. The number of aromatic nitrogens is 1. The minimum absolute atomic E-state index is 0.0998. The molecule has 6 nitrogen and oxygen atoms in total. The van der Waals surface area contributed by atoms with Crippen LogP contribution >= 0.6 is 0 Å². The van der Waals surface area contributed by atoms with Crippen LogP contribution in [0.2, 0.25) is 0 Å². The summed E-state index contributed by atoms with van der Waals surface area (Å²) < 4.78 is 0. The molecule has 0 saturated heterocycles. The van der Waals surface area contributed by atoms with Gasteiger partial charge in [-0.05, 0) is 12.1 Å². The summed E-state index contributed by atoms with van der Waals surface area (Å²) in [5, 5.41) is 5.86. The van der Waals surface area contributed by atoms with E-state index in [-0.39, 0.29) is 6.03 Å². The quantitative estimate of drug-likeness (QED) is 0.643. The molecular weight excluding hydrogens is 206 g/mol. The second-order valence-corrected chi connectivity index (χ2v) is 3.52. The van der Waals surface area contributed by atoms with Crippen molar-refractivity contribution < 1.29 is 4.79 Å². The molecule has 0 bridgehead atoms. The molecule has 0 saturated carbocycles. The molecular formula is C10H17N5O. The number of hydrogen-bond donors (Lipinski definition) is 3. The summed E-state index contributed by atoms with van der Waals surface area (Å²) in [7, 11) is 3.40. The van der Waals surface area contributed by atoms with E-state index in [1.54, 1.807) is 26.4 Å². The van der Waals surface area contributed by atoms with Gasteiger partial charge in [0.05, 0.1) is 11.9 Å². The predicted octanol–water partition coefficient (Wildman–Crippen LogP) is 0.347. The van der Waals surface area contributed by atoms with Crippen molar-refractivity contribution in [2.24, 2.45) is 0 Å². The van der Waals surface area contributed by atoms with Gasteiger partial charge in [-0.3, -0.25) is 0 Å². The Bertz CT molecular complexity index is 336. The van der Waals surface area contributed by atoms with Crippen LogP contribution in [0.1, 0.15) is 0 Å². The minimum atomic E-state index is -0.0998. The van der Waals surface area contributed by atoms with Crippen LogP contribution in [-0.4, -0.2) is 43.1 Å². The fourth-order valence-corrected chi connectivity index (χ4v) is 1.04. The number of anilines is 2. The zero-order valence-corrected chi connectivity index (χ0v) is 9.53. The molecule has 0 fully saturated rings. The molecule has 0 aliphatic rings. The smallest absolute Gasteiger partial charge is 0.316 e. The van der Waals surface area contributed by atoms with Gasteiger partial charge in [0.25, 0.3) is 0 Å². The average Bonchev–Trinajstić information content (AvgIpc) is 2.26. The highest BCUT2D eigenvalue weighted by Gasteiger charge is 2.00. The van der Waals surface area contributed by atoms with Crippen molar-refractivity contribution in [3.8, 4) is 0 Å². The Hall–Kier alpha value is -1.98. The van der Waals surface area contributed by atoms with Crippen LogP contribution < -0.4 is 16.4 Å². The normalized spacial score (nSPS) is 9.62. The highest BCUT2D eigenvalue weighted by atomic mass is 16.2. The lowest BCUT2D eigenvalue weighted by Gasteiger charge is -2.12. The molecule has 0 aliphatic heterocycles. The maximum Gasteiger partial charge on any atom is 0.316 e. The lowest BCUT2D eigenvalue weighted by atomic mass is 10.4. The summed E-state index contributed by atoms with van der Waals surface area (Å²) in [5.74, 6) is 0.492. The highest BCUT2D eigenvalue weighted by Crippen LogP contribution is 2.05. The summed E-state index contributed by atoms with van der Waals surface area (Å²) in [6.07, 6.45) is 1.66. The molecule has 0 aliphatic carbocycles. The van der Waals surface area contributed by atoms with E-state index in [2.05, 4.69) is 15.6 Å². The van der Waals surface area contributed by atoms with Gasteiger partial charge in [-0.15, -0.1) is 0 Å². The molecule has 1 heterocycles. The molecule has 0 atom stereocenters. The Labute approximate surface area is 94.8 Å². The Kier molecular flexibility index (Phi) is 4.38. The zero-order valence-electron chi connectivity index (χ0n) is 9.53. The van der Waals surface area contributed by atoms with Crippen LogP contribution in [0.3, 0.4) is 0 Å². The first kappa shape index (κ1) is 12.1. The second-order valence-electron chi connectivity index (χ2n) is 3.52. The minimum Gasteiger partial charge on any atom is -0.384 e. The number of nitrogens with one attached hydrogen (secondary N) is 2. The molecule has 0 radical (unpaired) electrons. The van der Waals surface area contributed by atoms with Crippen LogP contribution in [0.5, 0.6) is 0 Å². The Morgan fingerprint density at radius 1 is 1.44 bits per heavy atom. The third kappa shape index (κ3) is 4.04. The highest BCUT2D eigenvalue weighted by molar-refractivity contribution is 5.73. The van der Waals surface area contributed by atoms with E-state index in [0.29, 0.717) is 18.9 Å². The molecule has 16 heavy (non-hydrogen) atoms. The summed E-state index contributed by atoms with van der Waals surface area (Å²) in [4.78, 5) is 16.6.